The number of carbonyl (C=O) groups is 4. The van der Waals surface area contributed by atoms with Gasteiger partial charge in [-0.05, 0) is 13.5 Å². The Morgan fingerprint density at radius 3 is 1.71 bits per heavy atom. The standard InChI is InChI=1S/C16H22N6OS.3C2HF3O2/c1-20-5-7-22(8-6-20)16(23)15-12-2-4-21(10-13(12)18-19-15)11-14-17-3-9-24-14;3*3-2(4,5)1(6)7/h3,9H,2,4-8,10-11H2,1H3,(H,18,19);3*(H,6,7). The van der Waals surface area contributed by atoms with Gasteiger partial charge in [0.05, 0.1) is 12.2 Å². The molecule has 4 N–H and O–H groups in total. The lowest BCUT2D eigenvalue weighted by Gasteiger charge is -2.32. The van der Waals surface area contributed by atoms with E-state index in [1.165, 1.54) is 0 Å². The van der Waals surface area contributed by atoms with Gasteiger partial charge in [-0.1, -0.05) is 0 Å². The molecule has 13 nitrogen and oxygen atoms in total. The third kappa shape index (κ3) is 13.7. The molecule has 0 unspecified atom stereocenters. The van der Waals surface area contributed by atoms with E-state index in [4.69, 9.17) is 29.7 Å². The first kappa shape index (κ1) is 39.0. The molecule has 4 heterocycles. The molecule has 2 aromatic heterocycles. The second-order valence-corrected chi connectivity index (χ2v) is 9.90. The van der Waals surface area contributed by atoms with Crippen LogP contribution in [0.15, 0.2) is 11.6 Å². The summed E-state index contributed by atoms with van der Waals surface area (Å²) in [6, 6.07) is 0. The van der Waals surface area contributed by atoms with Gasteiger partial charge in [-0.15, -0.1) is 11.3 Å². The minimum atomic E-state index is -5.08. The lowest BCUT2D eigenvalue weighted by atomic mass is 10.0. The van der Waals surface area contributed by atoms with Crippen molar-refractivity contribution < 1.29 is 74.0 Å². The smallest absolute Gasteiger partial charge is 0.475 e. The number of carboxylic acid groups (broad SMARTS) is 3. The maximum atomic E-state index is 12.8. The van der Waals surface area contributed by atoms with Crippen LogP contribution in [-0.2, 0) is 33.9 Å². The molecule has 254 valence electrons. The number of hydrogen-bond acceptors (Lipinski definition) is 9. The second-order valence-electron chi connectivity index (χ2n) is 8.92. The number of aliphatic carboxylic acids is 3. The Labute approximate surface area is 250 Å². The number of amides is 1. The highest BCUT2D eigenvalue weighted by atomic mass is 32.1. The Balaban J connectivity index is 0.000000396. The van der Waals surface area contributed by atoms with Gasteiger partial charge in [0.1, 0.15) is 5.01 Å². The van der Waals surface area contributed by atoms with E-state index in [9.17, 15) is 44.3 Å². The monoisotopic (exact) mass is 688 g/mol. The number of alkyl halides is 9. The number of piperazine rings is 1. The second kappa shape index (κ2) is 16.4. The fourth-order valence-electron chi connectivity index (χ4n) is 3.37. The molecule has 0 radical (unpaired) electrons. The van der Waals surface area contributed by atoms with Crippen LogP contribution < -0.4 is 0 Å². The highest BCUT2D eigenvalue weighted by molar-refractivity contribution is 7.09. The van der Waals surface area contributed by atoms with Crippen LogP contribution in [0.4, 0.5) is 39.5 Å². The van der Waals surface area contributed by atoms with Gasteiger partial charge >= 0.3 is 36.4 Å². The third-order valence-electron chi connectivity index (χ3n) is 5.58. The van der Waals surface area contributed by atoms with Crippen molar-refractivity contribution >= 4 is 35.2 Å². The zero-order chi connectivity index (χ0) is 34.8. The Morgan fingerprint density at radius 1 is 0.844 bits per heavy atom. The fourth-order valence-corrected chi connectivity index (χ4v) is 4.03. The van der Waals surface area contributed by atoms with Crippen LogP contribution in [0.1, 0.15) is 26.8 Å². The number of rotatable bonds is 3. The molecule has 0 aliphatic carbocycles. The number of carboxylic acids is 3. The van der Waals surface area contributed by atoms with Gasteiger partial charge in [0.2, 0.25) is 0 Å². The number of likely N-dealkylation sites (N-methyl/N-ethyl adjacent to an activating group) is 1. The number of carbonyl (C=O) groups excluding carboxylic acids is 1. The van der Waals surface area contributed by atoms with Crippen LogP contribution >= 0.6 is 11.3 Å². The van der Waals surface area contributed by atoms with Crippen molar-refractivity contribution in [3.63, 3.8) is 0 Å². The summed E-state index contributed by atoms with van der Waals surface area (Å²) in [6.07, 6.45) is -12.5. The lowest BCUT2D eigenvalue weighted by molar-refractivity contribution is -0.193. The number of H-pyrrole nitrogens is 1. The first-order valence-electron chi connectivity index (χ1n) is 12.1. The molecule has 4 rings (SSSR count). The molecule has 2 aromatic rings. The summed E-state index contributed by atoms with van der Waals surface area (Å²) in [6.45, 7) is 6.03. The predicted octanol–water partition coefficient (Wildman–Crippen LogP) is 2.71. The summed E-state index contributed by atoms with van der Waals surface area (Å²) < 4.78 is 95.2. The number of halogens is 9. The van der Waals surface area contributed by atoms with Crippen molar-refractivity contribution in [3.8, 4) is 0 Å². The number of nitrogens with one attached hydrogen (secondary N) is 1. The number of aromatic amines is 1. The van der Waals surface area contributed by atoms with E-state index in [1.54, 1.807) is 11.3 Å². The van der Waals surface area contributed by atoms with Crippen molar-refractivity contribution in [3.05, 3.63) is 33.5 Å². The minimum Gasteiger partial charge on any atom is -0.475 e. The highest BCUT2D eigenvalue weighted by Crippen LogP contribution is 2.23. The molecule has 0 aromatic carbocycles. The quantitative estimate of drug-likeness (QED) is 0.349. The van der Waals surface area contributed by atoms with E-state index in [-0.39, 0.29) is 5.91 Å². The number of hydrogen-bond donors (Lipinski definition) is 4. The SMILES string of the molecule is CN1CCN(C(=O)c2n[nH]c3c2CCN(Cc2nccs2)C3)CC1.O=C(O)C(F)(F)F.O=C(O)C(F)(F)F.O=C(O)C(F)(F)F. The molecule has 23 heteroatoms. The van der Waals surface area contributed by atoms with Crippen molar-refractivity contribution in [2.45, 2.75) is 38.0 Å². The van der Waals surface area contributed by atoms with Gasteiger partial charge in [-0.2, -0.15) is 44.6 Å². The molecule has 2 aliphatic rings. The summed E-state index contributed by atoms with van der Waals surface area (Å²) in [5.74, 6) is -8.19. The van der Waals surface area contributed by atoms with Crippen LogP contribution in [0.3, 0.4) is 0 Å². The Hall–Kier alpha value is -3.99. The Morgan fingerprint density at radius 2 is 1.31 bits per heavy atom. The average Bonchev–Trinajstić information content (AvgIpc) is 3.58. The van der Waals surface area contributed by atoms with Crippen molar-refractivity contribution in [1.29, 1.82) is 0 Å². The van der Waals surface area contributed by atoms with E-state index >= 15 is 0 Å². The first-order valence-corrected chi connectivity index (χ1v) is 13.0. The summed E-state index contributed by atoms with van der Waals surface area (Å²) >= 11 is 1.68. The molecule has 1 fully saturated rings. The fraction of sp³-hybridized carbons (Fsp3) is 0.545. The molecule has 1 amide bonds. The van der Waals surface area contributed by atoms with E-state index in [0.717, 1.165) is 68.5 Å². The van der Waals surface area contributed by atoms with Gasteiger partial charge in [0.25, 0.3) is 5.91 Å². The summed E-state index contributed by atoms with van der Waals surface area (Å²) in [5.41, 5.74) is 2.81. The number of aromatic nitrogens is 3. The van der Waals surface area contributed by atoms with Gasteiger partial charge < -0.3 is 25.1 Å². The topological polar surface area (TPSA) is 180 Å². The largest absolute Gasteiger partial charge is 0.490 e. The summed E-state index contributed by atoms with van der Waals surface area (Å²) in [7, 11) is 2.09. The molecule has 0 saturated carbocycles. The predicted molar refractivity (Wildman–Crippen MR) is 133 cm³/mol. The van der Waals surface area contributed by atoms with Crippen LogP contribution in [0.5, 0.6) is 0 Å². The first-order chi connectivity index (χ1) is 20.5. The molecule has 45 heavy (non-hydrogen) atoms. The maximum Gasteiger partial charge on any atom is 0.490 e. The molecule has 0 spiro atoms. The van der Waals surface area contributed by atoms with E-state index in [1.807, 2.05) is 16.5 Å². The van der Waals surface area contributed by atoms with Crippen LogP contribution in [0.2, 0.25) is 0 Å². The van der Waals surface area contributed by atoms with Crippen LogP contribution in [-0.4, -0.2) is 127 Å². The average molecular weight is 689 g/mol. The van der Waals surface area contributed by atoms with E-state index in [0.29, 0.717) is 5.69 Å². The van der Waals surface area contributed by atoms with Crippen molar-refractivity contribution in [2.75, 3.05) is 39.8 Å². The minimum absolute atomic E-state index is 0.0778. The van der Waals surface area contributed by atoms with Gasteiger partial charge in [0.15, 0.2) is 5.69 Å². The zero-order valence-corrected chi connectivity index (χ0v) is 23.6. The summed E-state index contributed by atoms with van der Waals surface area (Å²) in [5, 5.41) is 32.0. The molecular weight excluding hydrogens is 663 g/mol. The zero-order valence-electron chi connectivity index (χ0n) is 22.8. The number of thiazole rings is 1. The van der Waals surface area contributed by atoms with E-state index < -0.39 is 36.4 Å². The normalized spacial score (nSPS) is 15.6. The maximum absolute atomic E-state index is 12.8. The molecule has 0 atom stereocenters. The number of nitrogens with zero attached hydrogens (tertiary/aromatic N) is 5. The highest BCUT2D eigenvalue weighted by Gasteiger charge is 2.39. The van der Waals surface area contributed by atoms with Gasteiger partial charge in [-0.25, -0.2) is 19.4 Å². The van der Waals surface area contributed by atoms with Gasteiger partial charge in [0, 0.05) is 56.4 Å². The molecule has 1 saturated heterocycles. The lowest BCUT2D eigenvalue weighted by Crippen LogP contribution is -2.47. The van der Waals surface area contributed by atoms with Crippen molar-refractivity contribution in [2.24, 2.45) is 0 Å². The van der Waals surface area contributed by atoms with Crippen LogP contribution in [0, 0.1) is 0 Å². The van der Waals surface area contributed by atoms with Crippen LogP contribution in [0.25, 0.3) is 0 Å². The third-order valence-corrected chi connectivity index (χ3v) is 6.34. The van der Waals surface area contributed by atoms with Crippen molar-refractivity contribution in [1.82, 2.24) is 29.9 Å². The molecule has 2 aliphatic heterocycles. The molecule has 0 bridgehead atoms. The Bertz CT molecular complexity index is 1220. The van der Waals surface area contributed by atoms with E-state index in [2.05, 4.69) is 32.0 Å². The molecular formula is C22H25F9N6O7S. The Kier molecular flexibility index (Phi) is 14.2. The summed E-state index contributed by atoms with van der Waals surface area (Å²) in [4.78, 5) is 50.4. The van der Waals surface area contributed by atoms with Gasteiger partial charge in [-0.3, -0.25) is 14.8 Å². The number of fused-ring (bicyclic) bond motifs is 1.